The molecule has 0 aliphatic rings. The smallest absolute Gasteiger partial charge is 0.184 e. The fourth-order valence-electron chi connectivity index (χ4n) is 2.23. The summed E-state index contributed by atoms with van der Waals surface area (Å²) in [6.45, 7) is 0. The SMILES string of the molecule is N#C/C(=C\c1ccccc1F)c1nsc(/C(C#N)=C/c2ccccc2F)n1. The summed E-state index contributed by atoms with van der Waals surface area (Å²) >= 11 is 0.906. The standard InChI is InChI=1S/C20H10F2N4S/c21-17-7-3-1-5-13(17)9-15(11-23)19-25-20(27-26-19)16(12-24)10-14-6-2-4-8-18(14)22/h1-10H/b15-9+,16-10+. The Morgan fingerprint density at radius 2 is 1.37 bits per heavy atom. The third-order valence-corrected chi connectivity index (χ3v) is 4.30. The van der Waals surface area contributed by atoms with Crippen molar-refractivity contribution in [2.75, 3.05) is 0 Å². The van der Waals surface area contributed by atoms with Gasteiger partial charge in [0.25, 0.3) is 0 Å². The minimum Gasteiger partial charge on any atom is -0.213 e. The van der Waals surface area contributed by atoms with Crippen LogP contribution in [0.5, 0.6) is 0 Å². The van der Waals surface area contributed by atoms with E-state index in [4.69, 9.17) is 0 Å². The van der Waals surface area contributed by atoms with E-state index in [1.807, 2.05) is 12.1 Å². The number of nitrogens with zero attached hydrogens (tertiary/aromatic N) is 4. The molecule has 0 bridgehead atoms. The molecular formula is C20H10F2N4S. The zero-order chi connectivity index (χ0) is 19.2. The van der Waals surface area contributed by atoms with Crippen molar-refractivity contribution < 1.29 is 8.78 Å². The molecule has 0 aliphatic heterocycles. The molecule has 0 N–H and O–H groups in total. The second-order valence-electron chi connectivity index (χ2n) is 5.31. The maximum Gasteiger partial charge on any atom is 0.184 e. The maximum absolute atomic E-state index is 13.8. The highest BCUT2D eigenvalue weighted by molar-refractivity contribution is 7.06. The van der Waals surface area contributed by atoms with Gasteiger partial charge in [0.1, 0.15) is 23.8 Å². The number of nitriles is 2. The van der Waals surface area contributed by atoms with Crippen LogP contribution in [0.3, 0.4) is 0 Å². The van der Waals surface area contributed by atoms with E-state index in [9.17, 15) is 19.3 Å². The average molecular weight is 376 g/mol. The first-order chi connectivity index (χ1) is 13.1. The molecule has 2 aromatic carbocycles. The van der Waals surface area contributed by atoms with Crippen LogP contribution in [0.15, 0.2) is 48.5 Å². The van der Waals surface area contributed by atoms with E-state index in [-0.39, 0.29) is 33.1 Å². The monoisotopic (exact) mass is 376 g/mol. The number of hydrogen-bond donors (Lipinski definition) is 0. The average Bonchev–Trinajstić information content (AvgIpc) is 3.16. The van der Waals surface area contributed by atoms with Gasteiger partial charge in [0.05, 0.1) is 11.1 Å². The number of benzene rings is 2. The summed E-state index contributed by atoms with van der Waals surface area (Å²) in [7, 11) is 0. The molecule has 4 nitrogen and oxygen atoms in total. The van der Waals surface area contributed by atoms with Crippen molar-refractivity contribution >= 4 is 34.8 Å². The highest BCUT2D eigenvalue weighted by Crippen LogP contribution is 2.24. The van der Waals surface area contributed by atoms with Gasteiger partial charge in [-0.1, -0.05) is 36.4 Å². The van der Waals surface area contributed by atoms with Crippen LogP contribution in [0.2, 0.25) is 0 Å². The van der Waals surface area contributed by atoms with E-state index < -0.39 is 11.6 Å². The van der Waals surface area contributed by atoms with Crippen molar-refractivity contribution in [2.45, 2.75) is 0 Å². The molecule has 0 unspecified atom stereocenters. The van der Waals surface area contributed by atoms with Crippen LogP contribution in [-0.2, 0) is 0 Å². The van der Waals surface area contributed by atoms with Gasteiger partial charge in [-0.05, 0) is 35.8 Å². The summed E-state index contributed by atoms with van der Waals surface area (Å²) in [6.07, 6.45) is 2.71. The van der Waals surface area contributed by atoms with Gasteiger partial charge < -0.3 is 0 Å². The third-order valence-electron chi connectivity index (χ3n) is 3.55. The van der Waals surface area contributed by atoms with Crippen molar-refractivity contribution in [3.8, 4) is 12.1 Å². The van der Waals surface area contributed by atoms with Gasteiger partial charge in [0.2, 0.25) is 0 Å². The van der Waals surface area contributed by atoms with Gasteiger partial charge in [-0.3, -0.25) is 0 Å². The fraction of sp³-hybridized carbons (Fsp3) is 0. The largest absolute Gasteiger partial charge is 0.213 e. The minimum atomic E-state index is -0.474. The summed E-state index contributed by atoms with van der Waals surface area (Å²) in [5.74, 6) is -0.861. The summed E-state index contributed by atoms with van der Waals surface area (Å²) in [6, 6.07) is 15.9. The van der Waals surface area contributed by atoms with Crippen LogP contribution < -0.4 is 0 Å². The predicted octanol–water partition coefficient (Wildman–Crippen LogP) is 4.94. The third kappa shape index (κ3) is 4.12. The van der Waals surface area contributed by atoms with Gasteiger partial charge in [-0.25, -0.2) is 13.8 Å². The van der Waals surface area contributed by atoms with E-state index in [2.05, 4.69) is 9.36 Å². The van der Waals surface area contributed by atoms with Crippen molar-refractivity contribution in [3.05, 3.63) is 82.1 Å². The van der Waals surface area contributed by atoms with Gasteiger partial charge in [-0.15, -0.1) is 0 Å². The molecule has 3 aromatic rings. The second-order valence-corrected chi connectivity index (χ2v) is 6.06. The van der Waals surface area contributed by atoms with E-state index >= 15 is 0 Å². The minimum absolute atomic E-state index is 0.0609. The summed E-state index contributed by atoms with van der Waals surface area (Å²) < 4.78 is 31.7. The maximum atomic E-state index is 13.8. The van der Waals surface area contributed by atoms with E-state index in [1.165, 1.54) is 36.4 Å². The zero-order valence-electron chi connectivity index (χ0n) is 13.7. The Morgan fingerprint density at radius 3 is 1.89 bits per heavy atom. The van der Waals surface area contributed by atoms with Crippen molar-refractivity contribution in [1.29, 1.82) is 10.5 Å². The normalized spacial score (nSPS) is 11.7. The zero-order valence-corrected chi connectivity index (χ0v) is 14.5. The van der Waals surface area contributed by atoms with Crippen LogP contribution >= 0.6 is 11.5 Å². The van der Waals surface area contributed by atoms with E-state index in [0.717, 1.165) is 11.5 Å². The molecule has 1 heterocycles. The van der Waals surface area contributed by atoms with Crippen LogP contribution in [0.4, 0.5) is 8.78 Å². The Morgan fingerprint density at radius 1 is 0.852 bits per heavy atom. The Bertz CT molecular complexity index is 1050. The topological polar surface area (TPSA) is 73.4 Å². The van der Waals surface area contributed by atoms with Crippen molar-refractivity contribution in [3.63, 3.8) is 0 Å². The molecule has 0 atom stereocenters. The summed E-state index contributed by atoms with van der Waals surface area (Å²) in [5.41, 5.74) is 0.652. The van der Waals surface area contributed by atoms with Gasteiger partial charge in [0.15, 0.2) is 10.8 Å². The molecule has 0 spiro atoms. The first kappa shape index (κ1) is 18.1. The Balaban J connectivity index is 1.98. The lowest BCUT2D eigenvalue weighted by atomic mass is 10.1. The first-order valence-corrected chi connectivity index (χ1v) is 8.47. The lowest BCUT2D eigenvalue weighted by molar-refractivity contribution is 0.625. The Kier molecular flexibility index (Phi) is 5.46. The molecule has 0 saturated heterocycles. The van der Waals surface area contributed by atoms with Crippen LogP contribution in [0.25, 0.3) is 23.3 Å². The number of hydrogen-bond acceptors (Lipinski definition) is 5. The van der Waals surface area contributed by atoms with Gasteiger partial charge >= 0.3 is 0 Å². The Labute approximate surface area is 158 Å². The van der Waals surface area contributed by atoms with Crippen LogP contribution in [-0.4, -0.2) is 9.36 Å². The molecule has 0 saturated carbocycles. The molecule has 27 heavy (non-hydrogen) atoms. The predicted molar refractivity (Wildman–Crippen MR) is 99.7 cm³/mol. The quantitative estimate of drug-likeness (QED) is 0.604. The highest BCUT2D eigenvalue weighted by atomic mass is 32.1. The van der Waals surface area contributed by atoms with Crippen molar-refractivity contribution in [1.82, 2.24) is 9.36 Å². The summed E-state index contributed by atoms with van der Waals surface area (Å²) in [5, 5.41) is 19.0. The highest BCUT2D eigenvalue weighted by Gasteiger charge is 2.14. The van der Waals surface area contributed by atoms with Gasteiger partial charge in [0, 0.05) is 11.1 Å². The fourth-order valence-corrected chi connectivity index (χ4v) is 2.87. The molecule has 0 fully saturated rings. The molecule has 1 aromatic heterocycles. The van der Waals surface area contributed by atoms with Crippen molar-refractivity contribution in [2.24, 2.45) is 0 Å². The lowest BCUT2D eigenvalue weighted by Gasteiger charge is -1.97. The number of rotatable bonds is 4. The molecule has 0 amide bonds. The molecule has 3 rings (SSSR count). The van der Waals surface area contributed by atoms with Crippen LogP contribution in [0.1, 0.15) is 22.0 Å². The molecule has 0 radical (unpaired) electrons. The lowest BCUT2D eigenvalue weighted by Crippen LogP contribution is -1.89. The number of aromatic nitrogens is 2. The summed E-state index contributed by atoms with van der Waals surface area (Å²) in [4.78, 5) is 4.19. The van der Waals surface area contributed by atoms with Gasteiger partial charge in [-0.2, -0.15) is 14.9 Å². The molecule has 130 valence electrons. The van der Waals surface area contributed by atoms with Crippen LogP contribution in [0, 0.1) is 34.3 Å². The first-order valence-electron chi connectivity index (χ1n) is 7.69. The second kappa shape index (κ2) is 8.13. The Hall–Kier alpha value is -3.68. The van der Waals surface area contributed by atoms with E-state index in [0.29, 0.717) is 0 Å². The number of halogens is 2. The van der Waals surface area contributed by atoms with E-state index in [1.54, 1.807) is 24.3 Å². The molecule has 0 aliphatic carbocycles. The number of allylic oxidation sites excluding steroid dienone is 2. The molecule has 7 heteroatoms. The molecular weight excluding hydrogens is 366 g/mol.